The summed E-state index contributed by atoms with van der Waals surface area (Å²) in [7, 11) is 1.55. The molecule has 0 saturated carbocycles. The van der Waals surface area contributed by atoms with Crippen molar-refractivity contribution in [2.75, 3.05) is 7.11 Å². The monoisotopic (exact) mass is 227 g/mol. The van der Waals surface area contributed by atoms with Gasteiger partial charge in [0.2, 0.25) is 0 Å². The van der Waals surface area contributed by atoms with Crippen LogP contribution in [0.1, 0.15) is 23.1 Å². The van der Waals surface area contributed by atoms with E-state index in [0.29, 0.717) is 11.6 Å². The largest absolute Gasteiger partial charge is 0.506 e. The van der Waals surface area contributed by atoms with E-state index in [0.717, 1.165) is 30.4 Å². The Bertz CT molecular complexity index is 379. The van der Waals surface area contributed by atoms with Crippen LogP contribution in [-0.4, -0.2) is 12.2 Å². The van der Waals surface area contributed by atoms with Crippen LogP contribution in [0.15, 0.2) is 6.07 Å². The van der Waals surface area contributed by atoms with Crippen LogP contribution in [0.2, 0.25) is 5.02 Å². The van der Waals surface area contributed by atoms with Crippen molar-refractivity contribution in [3.8, 4) is 5.75 Å². The molecule has 0 bridgehead atoms. The Kier molecular flexibility index (Phi) is 3.14. The minimum atomic E-state index is 0.182. The molecule has 1 aromatic carbocycles. The highest BCUT2D eigenvalue weighted by Gasteiger charge is 2.19. The lowest BCUT2D eigenvalue weighted by atomic mass is 10.1. The van der Waals surface area contributed by atoms with Gasteiger partial charge in [-0.05, 0) is 30.4 Å². The van der Waals surface area contributed by atoms with E-state index in [1.165, 1.54) is 5.56 Å². The second-order valence-electron chi connectivity index (χ2n) is 3.71. The van der Waals surface area contributed by atoms with Gasteiger partial charge in [0, 0.05) is 12.1 Å². The summed E-state index contributed by atoms with van der Waals surface area (Å²) < 4.78 is 0. The van der Waals surface area contributed by atoms with E-state index in [2.05, 4.69) is 5.48 Å². The van der Waals surface area contributed by atoms with Gasteiger partial charge in [0.1, 0.15) is 5.75 Å². The zero-order chi connectivity index (χ0) is 10.8. The van der Waals surface area contributed by atoms with Crippen molar-refractivity contribution < 1.29 is 9.94 Å². The fourth-order valence-corrected chi connectivity index (χ4v) is 2.36. The molecule has 0 aromatic heterocycles. The molecule has 1 aliphatic rings. The Morgan fingerprint density at radius 1 is 1.53 bits per heavy atom. The summed E-state index contributed by atoms with van der Waals surface area (Å²) in [5, 5.41) is 10.4. The molecule has 15 heavy (non-hydrogen) atoms. The first-order valence-electron chi connectivity index (χ1n) is 5.02. The van der Waals surface area contributed by atoms with Crippen LogP contribution in [-0.2, 0) is 24.2 Å². The average Bonchev–Trinajstić information content (AvgIpc) is 2.69. The number of aromatic hydroxyl groups is 1. The van der Waals surface area contributed by atoms with Gasteiger partial charge in [0.15, 0.2) is 0 Å². The number of phenolic OH excluding ortho intramolecular Hbond substituents is 1. The van der Waals surface area contributed by atoms with Crippen molar-refractivity contribution in [2.24, 2.45) is 0 Å². The van der Waals surface area contributed by atoms with Crippen molar-refractivity contribution in [2.45, 2.75) is 25.8 Å². The maximum absolute atomic E-state index is 9.86. The molecule has 0 heterocycles. The molecule has 0 aliphatic heterocycles. The van der Waals surface area contributed by atoms with Crippen molar-refractivity contribution >= 4 is 11.6 Å². The summed E-state index contributed by atoms with van der Waals surface area (Å²) in [6.07, 6.45) is 3.14. The number of nitrogens with one attached hydrogen (secondary N) is 1. The summed E-state index contributed by atoms with van der Waals surface area (Å²) in [6.45, 7) is 0.468. The summed E-state index contributed by atoms with van der Waals surface area (Å²) in [5.74, 6) is 0.182. The normalized spacial score (nSPS) is 14.3. The second-order valence-corrected chi connectivity index (χ2v) is 4.09. The number of rotatable bonds is 3. The minimum absolute atomic E-state index is 0.182. The smallest absolute Gasteiger partial charge is 0.139 e. The Hall–Kier alpha value is -0.770. The van der Waals surface area contributed by atoms with Crippen molar-refractivity contribution in [1.82, 2.24) is 5.48 Å². The summed E-state index contributed by atoms with van der Waals surface area (Å²) in [4.78, 5) is 4.76. The fraction of sp³-hybridized carbons (Fsp3) is 0.455. The first-order chi connectivity index (χ1) is 7.24. The van der Waals surface area contributed by atoms with Crippen molar-refractivity contribution in [1.29, 1.82) is 0 Å². The third-order valence-electron chi connectivity index (χ3n) is 2.79. The number of benzene rings is 1. The molecule has 82 valence electrons. The van der Waals surface area contributed by atoms with E-state index >= 15 is 0 Å². The van der Waals surface area contributed by atoms with Crippen molar-refractivity contribution in [3.63, 3.8) is 0 Å². The van der Waals surface area contributed by atoms with Crippen LogP contribution in [0.25, 0.3) is 0 Å². The average molecular weight is 228 g/mol. The maximum atomic E-state index is 9.86. The molecule has 1 aliphatic carbocycles. The van der Waals surface area contributed by atoms with Gasteiger partial charge in [-0.1, -0.05) is 17.7 Å². The first-order valence-corrected chi connectivity index (χ1v) is 5.39. The molecule has 1 aromatic rings. The SMILES string of the molecule is CONCc1cc2c(c(Cl)c1O)CCC2. The number of aryl methyl sites for hydroxylation is 1. The highest BCUT2D eigenvalue weighted by Crippen LogP contribution is 2.37. The molecule has 2 rings (SSSR count). The summed E-state index contributed by atoms with van der Waals surface area (Å²) in [5.41, 5.74) is 5.86. The quantitative estimate of drug-likeness (QED) is 0.778. The highest BCUT2D eigenvalue weighted by atomic mass is 35.5. The topological polar surface area (TPSA) is 41.5 Å². The highest BCUT2D eigenvalue weighted by molar-refractivity contribution is 6.33. The molecule has 0 unspecified atom stereocenters. The van der Waals surface area contributed by atoms with E-state index in [9.17, 15) is 5.11 Å². The summed E-state index contributed by atoms with van der Waals surface area (Å²) in [6, 6.07) is 2.01. The molecule has 0 radical (unpaired) electrons. The number of phenols is 1. The van der Waals surface area contributed by atoms with E-state index in [1.807, 2.05) is 6.07 Å². The second kappa shape index (κ2) is 4.39. The molecule has 0 amide bonds. The number of hydrogen-bond acceptors (Lipinski definition) is 3. The van der Waals surface area contributed by atoms with Crippen molar-refractivity contribution in [3.05, 3.63) is 27.8 Å². The molecular weight excluding hydrogens is 214 g/mol. The van der Waals surface area contributed by atoms with E-state index in [1.54, 1.807) is 7.11 Å². The summed E-state index contributed by atoms with van der Waals surface area (Å²) >= 11 is 6.10. The van der Waals surface area contributed by atoms with Crippen LogP contribution in [0, 0.1) is 0 Å². The zero-order valence-corrected chi connectivity index (χ0v) is 9.40. The van der Waals surface area contributed by atoms with Crippen LogP contribution in [0.4, 0.5) is 0 Å². The first kappa shape index (κ1) is 10.7. The predicted octanol–water partition coefficient (Wildman–Crippen LogP) is 2.19. The third-order valence-corrected chi connectivity index (χ3v) is 3.20. The van der Waals surface area contributed by atoms with Gasteiger partial charge in [-0.3, -0.25) is 0 Å². The van der Waals surface area contributed by atoms with Gasteiger partial charge in [-0.2, -0.15) is 5.48 Å². The molecule has 3 nitrogen and oxygen atoms in total. The third kappa shape index (κ3) is 1.95. The molecule has 0 fully saturated rings. The van der Waals surface area contributed by atoms with E-state index < -0.39 is 0 Å². The van der Waals surface area contributed by atoms with Gasteiger partial charge < -0.3 is 9.94 Å². The zero-order valence-electron chi connectivity index (χ0n) is 8.64. The van der Waals surface area contributed by atoms with Gasteiger partial charge >= 0.3 is 0 Å². The molecule has 0 spiro atoms. The Balaban J connectivity index is 2.36. The number of fused-ring (bicyclic) bond motifs is 1. The van der Waals surface area contributed by atoms with E-state index in [4.69, 9.17) is 16.4 Å². The lowest BCUT2D eigenvalue weighted by Crippen LogP contribution is -2.11. The minimum Gasteiger partial charge on any atom is -0.506 e. The molecular formula is C11H14ClNO2. The van der Waals surface area contributed by atoms with Crippen LogP contribution < -0.4 is 5.48 Å². The van der Waals surface area contributed by atoms with Crippen LogP contribution in [0.3, 0.4) is 0 Å². The maximum Gasteiger partial charge on any atom is 0.139 e. The Labute approximate surface area is 94.0 Å². The molecule has 2 N–H and O–H groups in total. The number of halogens is 1. The van der Waals surface area contributed by atoms with Gasteiger partial charge in [-0.15, -0.1) is 0 Å². The van der Waals surface area contributed by atoms with Crippen LogP contribution in [0.5, 0.6) is 5.75 Å². The number of hydrogen-bond donors (Lipinski definition) is 2. The van der Waals surface area contributed by atoms with Crippen LogP contribution >= 0.6 is 11.6 Å². The Morgan fingerprint density at radius 3 is 3.07 bits per heavy atom. The lowest BCUT2D eigenvalue weighted by Gasteiger charge is -2.11. The molecule has 0 saturated heterocycles. The van der Waals surface area contributed by atoms with Gasteiger partial charge in [0.05, 0.1) is 12.1 Å². The molecule has 0 atom stereocenters. The standard InChI is InChI=1S/C11H14ClNO2/c1-15-13-6-8-5-7-3-2-4-9(7)10(12)11(8)14/h5,13-14H,2-4,6H2,1H3. The number of hydroxylamine groups is 1. The predicted molar refractivity (Wildman–Crippen MR) is 59.0 cm³/mol. The fourth-order valence-electron chi connectivity index (χ4n) is 2.02. The lowest BCUT2D eigenvalue weighted by molar-refractivity contribution is 0.0861. The van der Waals surface area contributed by atoms with Gasteiger partial charge in [0.25, 0.3) is 0 Å². The van der Waals surface area contributed by atoms with E-state index in [-0.39, 0.29) is 5.75 Å². The Morgan fingerprint density at radius 2 is 2.33 bits per heavy atom. The van der Waals surface area contributed by atoms with Gasteiger partial charge in [-0.25, -0.2) is 0 Å². The molecule has 4 heteroatoms.